The summed E-state index contributed by atoms with van der Waals surface area (Å²) in [6.45, 7) is 32.0. The molecule has 0 unspecified atom stereocenters. The second-order valence-corrected chi connectivity index (χ2v) is 35.4. The van der Waals surface area contributed by atoms with Gasteiger partial charge in [-0.3, -0.25) is 4.79 Å². The Bertz CT molecular complexity index is 567. The van der Waals surface area contributed by atoms with Crippen molar-refractivity contribution in [1.29, 1.82) is 0 Å². The number of hydrogen-bond donors (Lipinski definition) is 0. The molecule has 0 aliphatic carbocycles. The molecule has 0 aromatic rings. The Balaban J connectivity index is 6.35. The molecule has 0 amide bonds. The van der Waals surface area contributed by atoms with Gasteiger partial charge in [-0.05, 0) is 98.2 Å². The van der Waals surface area contributed by atoms with Crippen LogP contribution >= 0.6 is 0 Å². The van der Waals surface area contributed by atoms with E-state index >= 15 is 0 Å². The second-order valence-electron chi connectivity index (χ2n) is 13.1. The fourth-order valence-corrected chi connectivity index (χ4v) is 7.29. The topological polar surface area (TPSA) is 63.2 Å². The quantitative estimate of drug-likeness (QED) is 0.279. The summed E-state index contributed by atoms with van der Waals surface area (Å²) < 4.78 is 31.9. The lowest BCUT2D eigenvalue weighted by atomic mass is 10.1. The van der Waals surface area contributed by atoms with E-state index in [-0.39, 0.29) is 12.1 Å². The number of rotatable bonds is 13. The third-order valence-electron chi connectivity index (χ3n) is 3.46. The van der Waals surface area contributed by atoms with Gasteiger partial charge in [0, 0.05) is 0 Å². The van der Waals surface area contributed by atoms with E-state index in [0.29, 0.717) is 6.61 Å². The van der Waals surface area contributed by atoms with Gasteiger partial charge in [-0.25, -0.2) is 0 Å². The van der Waals surface area contributed by atoms with Crippen molar-refractivity contribution in [3.63, 3.8) is 0 Å². The van der Waals surface area contributed by atoms with Crippen molar-refractivity contribution in [2.45, 2.75) is 117 Å². The van der Waals surface area contributed by atoms with E-state index in [1.165, 1.54) is 0 Å². The maximum atomic E-state index is 13.4. The molecule has 0 saturated carbocycles. The summed E-state index contributed by atoms with van der Waals surface area (Å²) in [5.74, 6) is -0.331. The molecule has 6 nitrogen and oxygen atoms in total. The Morgan fingerprint density at radius 2 is 1.00 bits per heavy atom. The third-order valence-corrected chi connectivity index (χ3v) is 8.26. The minimum Gasteiger partial charge on any atom is -0.518 e. The molecule has 0 spiro atoms. The van der Waals surface area contributed by atoms with Crippen LogP contribution in [0.5, 0.6) is 0 Å². The maximum absolute atomic E-state index is 13.4. The molecule has 0 saturated heterocycles. The van der Waals surface area contributed by atoms with Crippen LogP contribution < -0.4 is 0 Å². The first-order valence-corrected chi connectivity index (χ1v) is 28.3. The smallest absolute Gasteiger partial charge is 0.323 e. The van der Waals surface area contributed by atoms with Crippen molar-refractivity contribution in [1.82, 2.24) is 0 Å². The fourth-order valence-electron chi connectivity index (χ4n) is 2.71. The van der Waals surface area contributed by atoms with Crippen LogP contribution in [-0.2, 0) is 26.9 Å². The lowest BCUT2D eigenvalue weighted by molar-refractivity contribution is -0.153. The zero-order valence-electron chi connectivity index (χ0n) is 22.9. The average Bonchev–Trinajstić information content (AvgIpc) is 2.41. The minimum absolute atomic E-state index is 0.331. The van der Waals surface area contributed by atoms with Gasteiger partial charge in [0.05, 0.1) is 12.7 Å². The summed E-state index contributed by atoms with van der Waals surface area (Å²) in [6.07, 6.45) is -1.78. The van der Waals surface area contributed by atoms with Crippen LogP contribution in [0.2, 0.25) is 98.2 Å². The standard InChI is InChI=1S/C20H50O6Si5/c1-27(2,3)22-16-17(23-28(4,5)6)18(24-29(7,8)9)19(25-30(10,11)12)20(21)26-31(13,14)15/h17-19H,16H2,1-15H3/t17-,18-,19-/m1/s1. The highest BCUT2D eigenvalue weighted by Gasteiger charge is 2.45. The Morgan fingerprint density at radius 3 is 1.32 bits per heavy atom. The van der Waals surface area contributed by atoms with Gasteiger partial charge < -0.3 is 22.1 Å². The highest BCUT2D eigenvalue weighted by atomic mass is 28.4. The Kier molecular flexibility index (Phi) is 11.4. The van der Waals surface area contributed by atoms with Gasteiger partial charge in [0.1, 0.15) is 6.10 Å². The summed E-state index contributed by atoms with van der Waals surface area (Å²) in [7, 11) is -10.00. The number of hydrogen-bond acceptors (Lipinski definition) is 6. The predicted molar refractivity (Wildman–Crippen MR) is 143 cm³/mol. The molecule has 0 aromatic carbocycles. The van der Waals surface area contributed by atoms with Crippen LogP contribution in [-0.4, -0.2) is 72.5 Å². The molecule has 0 rings (SSSR count). The van der Waals surface area contributed by atoms with Crippen molar-refractivity contribution >= 4 is 47.6 Å². The predicted octanol–water partition coefficient (Wildman–Crippen LogP) is 5.88. The fraction of sp³-hybridized carbons (Fsp3) is 0.950. The van der Waals surface area contributed by atoms with Crippen LogP contribution in [0.3, 0.4) is 0 Å². The molecular formula is C20H50O6Si5. The molecule has 0 aliphatic rings. The molecule has 3 atom stereocenters. The second kappa shape index (κ2) is 11.2. The summed E-state index contributed by atoms with van der Waals surface area (Å²) in [6, 6.07) is 0. The van der Waals surface area contributed by atoms with Gasteiger partial charge in [0.2, 0.25) is 8.32 Å². The average molecular weight is 527 g/mol. The summed E-state index contributed by atoms with van der Waals surface area (Å²) in [4.78, 5) is 13.4. The minimum atomic E-state index is -2.11. The van der Waals surface area contributed by atoms with E-state index in [1.54, 1.807) is 0 Å². The van der Waals surface area contributed by atoms with Crippen LogP contribution in [0.25, 0.3) is 0 Å². The molecule has 31 heavy (non-hydrogen) atoms. The van der Waals surface area contributed by atoms with E-state index in [9.17, 15) is 4.79 Å². The Labute approximate surface area is 197 Å². The van der Waals surface area contributed by atoms with Gasteiger partial charge >= 0.3 is 5.97 Å². The lowest BCUT2D eigenvalue weighted by Crippen LogP contribution is -2.58. The van der Waals surface area contributed by atoms with Crippen molar-refractivity contribution in [2.75, 3.05) is 6.61 Å². The molecule has 0 aromatic heterocycles. The van der Waals surface area contributed by atoms with Crippen molar-refractivity contribution in [2.24, 2.45) is 0 Å². The van der Waals surface area contributed by atoms with E-state index in [0.717, 1.165) is 0 Å². The first-order chi connectivity index (χ1) is 13.4. The first kappa shape index (κ1) is 31.4. The molecule has 0 N–H and O–H groups in total. The van der Waals surface area contributed by atoms with Gasteiger partial charge in [-0.15, -0.1) is 0 Å². The lowest BCUT2D eigenvalue weighted by Gasteiger charge is -2.41. The first-order valence-electron chi connectivity index (χ1n) is 11.3. The molecule has 0 bridgehead atoms. The van der Waals surface area contributed by atoms with Crippen LogP contribution in [0, 0.1) is 0 Å². The molecule has 0 radical (unpaired) electrons. The summed E-state index contributed by atoms with van der Waals surface area (Å²) in [5.41, 5.74) is 0. The molecule has 0 aliphatic heterocycles. The zero-order chi connectivity index (χ0) is 25.1. The van der Waals surface area contributed by atoms with E-state index in [1.807, 2.05) is 19.6 Å². The van der Waals surface area contributed by atoms with E-state index in [2.05, 4.69) is 78.6 Å². The van der Waals surface area contributed by atoms with Crippen LogP contribution in [0.15, 0.2) is 0 Å². The van der Waals surface area contributed by atoms with Crippen molar-refractivity contribution < 1.29 is 26.9 Å². The highest BCUT2D eigenvalue weighted by Crippen LogP contribution is 2.26. The number of carbonyl (C=O) groups is 1. The Hall–Kier alpha value is 0.394. The number of carbonyl (C=O) groups excluding carboxylic acids is 1. The third kappa shape index (κ3) is 16.6. The normalized spacial score (nSPS) is 17.3. The van der Waals surface area contributed by atoms with Gasteiger partial charge in [-0.2, -0.15) is 0 Å². The van der Waals surface area contributed by atoms with Crippen molar-refractivity contribution in [3.8, 4) is 0 Å². The monoisotopic (exact) mass is 526 g/mol. The van der Waals surface area contributed by atoms with Crippen LogP contribution in [0.1, 0.15) is 0 Å². The summed E-state index contributed by atoms with van der Waals surface area (Å²) in [5, 5.41) is 0. The van der Waals surface area contributed by atoms with Gasteiger partial charge in [-0.1, -0.05) is 0 Å². The Morgan fingerprint density at radius 1 is 0.581 bits per heavy atom. The molecule has 11 heteroatoms. The molecule has 186 valence electrons. The SMILES string of the molecule is C[Si](C)(C)OC[C@@H](O[Si](C)(C)C)[C@@H](O[Si](C)(C)C)[C@@H](O[Si](C)(C)C)C(=O)O[Si](C)(C)C. The molecule has 0 heterocycles. The highest BCUT2D eigenvalue weighted by molar-refractivity contribution is 6.72. The van der Waals surface area contributed by atoms with E-state index in [4.69, 9.17) is 22.1 Å². The maximum Gasteiger partial charge on any atom is 0.323 e. The van der Waals surface area contributed by atoms with Crippen LogP contribution in [0.4, 0.5) is 0 Å². The van der Waals surface area contributed by atoms with E-state index < -0.39 is 53.8 Å². The van der Waals surface area contributed by atoms with Gasteiger partial charge in [0.25, 0.3) is 0 Å². The van der Waals surface area contributed by atoms with Crippen molar-refractivity contribution in [3.05, 3.63) is 0 Å². The van der Waals surface area contributed by atoms with Gasteiger partial charge in [0.15, 0.2) is 39.4 Å². The summed E-state index contributed by atoms with van der Waals surface area (Å²) >= 11 is 0. The largest absolute Gasteiger partial charge is 0.518 e. The molecule has 0 fully saturated rings. The zero-order valence-corrected chi connectivity index (χ0v) is 27.9. The molecular weight excluding hydrogens is 477 g/mol.